The predicted molar refractivity (Wildman–Crippen MR) is 37.7 cm³/mol. The number of hydrogen-bond donors (Lipinski definition) is 1. The molecule has 0 aliphatic heterocycles. The van der Waals surface area contributed by atoms with Gasteiger partial charge in [0.25, 0.3) is 0 Å². The molecule has 0 aromatic rings. The third-order valence-corrected chi connectivity index (χ3v) is 3.34. The summed E-state index contributed by atoms with van der Waals surface area (Å²) in [5.41, 5.74) is 0. The van der Waals surface area contributed by atoms with Crippen LogP contribution in [-0.4, -0.2) is 30.1 Å². The molecular weight excluding hydrogens is 138 g/mol. The number of hydrogen-bond acceptors (Lipinski definition) is 4. The van der Waals surface area contributed by atoms with E-state index in [1.165, 1.54) is 0 Å². The predicted octanol–water partition coefficient (Wildman–Crippen LogP) is 0.656. The van der Waals surface area contributed by atoms with E-state index >= 15 is 0 Å². The van der Waals surface area contributed by atoms with E-state index in [1.54, 1.807) is 21.3 Å². The van der Waals surface area contributed by atoms with Crippen LogP contribution in [0.15, 0.2) is 0 Å². The lowest BCUT2D eigenvalue weighted by Gasteiger charge is -2.18. The van der Waals surface area contributed by atoms with E-state index in [4.69, 9.17) is 13.3 Å². The normalized spacial score (nSPS) is 10.7. The van der Waals surface area contributed by atoms with Gasteiger partial charge in [-0.05, 0) is 0 Å². The van der Waals surface area contributed by atoms with Crippen molar-refractivity contribution in [1.29, 1.82) is 0 Å². The Kier molecular flexibility index (Phi) is 6.42. The van der Waals surface area contributed by atoms with Crippen LogP contribution in [0.4, 0.5) is 0 Å². The third kappa shape index (κ3) is 3.60. The maximum atomic E-state index is 4.93. The average Bonchev–Trinajstić information content (AvgIpc) is 1.87. The zero-order valence-electron chi connectivity index (χ0n) is 6.43. The Bertz CT molecular complexity index is 58.6. The lowest BCUT2D eigenvalue weighted by molar-refractivity contribution is 0.132. The highest BCUT2D eigenvalue weighted by Crippen LogP contribution is 2.02. The van der Waals surface area contributed by atoms with Crippen molar-refractivity contribution < 1.29 is 13.3 Å². The van der Waals surface area contributed by atoms with Gasteiger partial charge < -0.3 is 19.4 Å². The van der Waals surface area contributed by atoms with Crippen molar-refractivity contribution in [2.24, 2.45) is 0 Å². The van der Waals surface area contributed by atoms with Crippen molar-refractivity contribution in [3.05, 3.63) is 0 Å². The summed E-state index contributed by atoms with van der Waals surface area (Å²) in [6.45, 7) is 1.83. The smallest absolute Gasteiger partial charge is 0.377 e. The molecule has 0 aliphatic rings. The minimum absolute atomic E-state index is 0. The molecule has 0 fully saturated rings. The van der Waals surface area contributed by atoms with Crippen LogP contribution in [0.5, 0.6) is 0 Å². The van der Waals surface area contributed by atoms with Gasteiger partial charge in [0.05, 0.1) is 0 Å². The van der Waals surface area contributed by atoms with Gasteiger partial charge in [-0.3, -0.25) is 0 Å². The largest absolute Gasteiger partial charge is 0.496 e. The van der Waals surface area contributed by atoms with Crippen molar-refractivity contribution >= 4 is 8.80 Å². The van der Waals surface area contributed by atoms with Gasteiger partial charge in [0, 0.05) is 27.9 Å². The summed E-state index contributed by atoms with van der Waals surface area (Å²) in [5, 5.41) is 0. The molecule has 0 rings (SSSR count). The molecule has 0 heterocycles. The Morgan fingerprint density at radius 3 is 1.11 bits per heavy atom. The highest BCUT2D eigenvalue weighted by Gasteiger charge is 2.29. The highest BCUT2D eigenvalue weighted by atomic mass is 28.4. The SMILES string of the molecule is CO[Si](C)(OC)OC.N. The second-order valence-corrected chi connectivity index (χ2v) is 4.42. The van der Waals surface area contributed by atoms with Crippen LogP contribution in [0, 0.1) is 0 Å². The minimum Gasteiger partial charge on any atom is -0.377 e. The van der Waals surface area contributed by atoms with E-state index in [9.17, 15) is 0 Å². The second kappa shape index (κ2) is 4.89. The first kappa shape index (κ1) is 11.8. The molecule has 0 unspecified atom stereocenters. The summed E-state index contributed by atoms with van der Waals surface area (Å²) in [6, 6.07) is 0. The summed E-state index contributed by atoms with van der Waals surface area (Å²) in [6.07, 6.45) is 0. The Hall–Kier alpha value is 0.0569. The summed E-state index contributed by atoms with van der Waals surface area (Å²) in [5.74, 6) is 0. The molecule has 0 amide bonds. The van der Waals surface area contributed by atoms with Crippen LogP contribution >= 0.6 is 0 Å². The van der Waals surface area contributed by atoms with Crippen molar-refractivity contribution in [2.75, 3.05) is 21.3 Å². The molecule has 0 bridgehead atoms. The van der Waals surface area contributed by atoms with Crippen molar-refractivity contribution in [1.82, 2.24) is 6.15 Å². The van der Waals surface area contributed by atoms with Crippen LogP contribution < -0.4 is 6.15 Å². The van der Waals surface area contributed by atoms with Gasteiger partial charge in [0.2, 0.25) is 0 Å². The van der Waals surface area contributed by atoms with Gasteiger partial charge in [0.15, 0.2) is 0 Å². The summed E-state index contributed by atoms with van der Waals surface area (Å²) < 4.78 is 14.8. The van der Waals surface area contributed by atoms with Gasteiger partial charge in [0.1, 0.15) is 0 Å². The fourth-order valence-corrected chi connectivity index (χ4v) is 0.750. The molecule has 4 nitrogen and oxygen atoms in total. The highest BCUT2D eigenvalue weighted by molar-refractivity contribution is 6.58. The van der Waals surface area contributed by atoms with Gasteiger partial charge in [-0.1, -0.05) is 0 Å². The zero-order chi connectivity index (χ0) is 6.62. The van der Waals surface area contributed by atoms with Crippen molar-refractivity contribution in [3.8, 4) is 0 Å². The topological polar surface area (TPSA) is 62.7 Å². The van der Waals surface area contributed by atoms with Gasteiger partial charge >= 0.3 is 8.80 Å². The van der Waals surface area contributed by atoms with Crippen molar-refractivity contribution in [2.45, 2.75) is 6.55 Å². The van der Waals surface area contributed by atoms with Crippen LogP contribution in [0.2, 0.25) is 6.55 Å². The fraction of sp³-hybridized carbons (Fsp3) is 1.00. The van der Waals surface area contributed by atoms with Crippen molar-refractivity contribution in [3.63, 3.8) is 0 Å². The van der Waals surface area contributed by atoms with Crippen LogP contribution in [-0.2, 0) is 13.3 Å². The molecule has 0 aromatic carbocycles. The molecule has 0 radical (unpaired) electrons. The van der Waals surface area contributed by atoms with Gasteiger partial charge in [-0.2, -0.15) is 0 Å². The Balaban J connectivity index is 0. The molecular formula is C4H15NO3Si. The lowest BCUT2D eigenvalue weighted by Crippen LogP contribution is -2.38. The molecule has 0 aliphatic carbocycles. The molecule has 9 heavy (non-hydrogen) atoms. The van der Waals surface area contributed by atoms with Crippen LogP contribution in [0.1, 0.15) is 0 Å². The molecule has 0 atom stereocenters. The molecule has 5 heteroatoms. The zero-order valence-corrected chi connectivity index (χ0v) is 7.43. The number of rotatable bonds is 3. The van der Waals surface area contributed by atoms with E-state index < -0.39 is 8.80 Å². The first-order valence-electron chi connectivity index (χ1n) is 2.34. The summed E-state index contributed by atoms with van der Waals surface area (Å²) >= 11 is 0. The van der Waals surface area contributed by atoms with E-state index in [2.05, 4.69) is 0 Å². The maximum Gasteiger partial charge on any atom is 0.496 e. The minimum atomic E-state index is -2.17. The molecule has 0 saturated carbocycles. The Labute approximate surface area is 57.1 Å². The molecule has 3 N–H and O–H groups in total. The van der Waals surface area contributed by atoms with Crippen LogP contribution in [0.3, 0.4) is 0 Å². The second-order valence-electron chi connectivity index (χ2n) is 1.47. The summed E-state index contributed by atoms with van der Waals surface area (Å²) in [4.78, 5) is 0. The molecule has 0 spiro atoms. The van der Waals surface area contributed by atoms with Crippen LogP contribution in [0.25, 0.3) is 0 Å². The summed E-state index contributed by atoms with van der Waals surface area (Å²) in [7, 11) is 2.58. The van der Waals surface area contributed by atoms with Gasteiger partial charge in [-0.15, -0.1) is 0 Å². The molecule has 58 valence electrons. The van der Waals surface area contributed by atoms with E-state index in [1.807, 2.05) is 6.55 Å². The van der Waals surface area contributed by atoms with Gasteiger partial charge in [-0.25, -0.2) is 0 Å². The fourth-order valence-electron chi connectivity index (χ4n) is 0.250. The first-order valence-corrected chi connectivity index (χ1v) is 4.56. The average molecular weight is 153 g/mol. The van der Waals surface area contributed by atoms with E-state index in [0.29, 0.717) is 0 Å². The lowest BCUT2D eigenvalue weighted by atomic mass is 11.8. The maximum absolute atomic E-state index is 4.93. The van der Waals surface area contributed by atoms with E-state index in [-0.39, 0.29) is 6.15 Å². The van der Waals surface area contributed by atoms with E-state index in [0.717, 1.165) is 0 Å². The Morgan fingerprint density at radius 1 is 0.889 bits per heavy atom. The molecule has 0 aromatic heterocycles. The first-order chi connectivity index (χ1) is 3.68. The monoisotopic (exact) mass is 153 g/mol. The third-order valence-electron chi connectivity index (χ3n) is 1.11. The Morgan fingerprint density at radius 2 is 1.11 bits per heavy atom. The standard InChI is InChI=1S/C4H12O3Si.H3N/c1-5-8(4,6-2)7-3;/h1-4H3;1H3. The molecule has 0 saturated heterocycles. The quantitative estimate of drug-likeness (QED) is 0.605.